The largest absolute Gasteiger partial charge is 0.454 e. The van der Waals surface area contributed by atoms with Crippen molar-refractivity contribution in [3.8, 4) is 11.5 Å². The Hall–Kier alpha value is -4.07. The van der Waals surface area contributed by atoms with Crippen LogP contribution in [-0.2, 0) is 4.79 Å². The molecule has 3 heterocycles. The highest BCUT2D eigenvalue weighted by Crippen LogP contribution is 2.32. The smallest absolute Gasteiger partial charge is 0.271 e. The van der Waals surface area contributed by atoms with Crippen molar-refractivity contribution in [2.75, 3.05) is 18.7 Å². The predicted molar refractivity (Wildman–Crippen MR) is 104 cm³/mol. The minimum Gasteiger partial charge on any atom is -0.454 e. The van der Waals surface area contributed by atoms with E-state index in [9.17, 15) is 14.4 Å². The van der Waals surface area contributed by atoms with Crippen molar-refractivity contribution in [3.63, 3.8) is 0 Å². The Morgan fingerprint density at radius 1 is 1.00 bits per heavy atom. The van der Waals surface area contributed by atoms with Crippen molar-refractivity contribution in [1.82, 2.24) is 10.2 Å². The average molecular weight is 389 g/mol. The van der Waals surface area contributed by atoms with Crippen molar-refractivity contribution < 1.29 is 19.1 Å². The molecule has 0 fully saturated rings. The van der Waals surface area contributed by atoms with Crippen LogP contribution in [0.25, 0.3) is 11.6 Å². The maximum atomic E-state index is 13.1. The fourth-order valence-electron chi connectivity index (χ4n) is 3.56. The Labute approximate surface area is 163 Å². The molecule has 8 nitrogen and oxygen atoms in total. The summed E-state index contributed by atoms with van der Waals surface area (Å²) in [6, 6.07) is 12.1. The van der Waals surface area contributed by atoms with Crippen molar-refractivity contribution in [2.24, 2.45) is 0 Å². The molecule has 2 aliphatic rings. The van der Waals surface area contributed by atoms with Crippen LogP contribution in [-0.4, -0.2) is 35.7 Å². The third kappa shape index (κ3) is 2.57. The third-order valence-corrected chi connectivity index (χ3v) is 5.03. The lowest BCUT2D eigenvalue weighted by atomic mass is 9.95. The number of aromatic amines is 2. The van der Waals surface area contributed by atoms with E-state index in [1.54, 1.807) is 55.6 Å². The number of para-hydroxylation sites is 1. The molecule has 5 rings (SSSR count). The molecule has 8 heteroatoms. The Kier molecular flexibility index (Phi) is 3.67. The summed E-state index contributed by atoms with van der Waals surface area (Å²) in [6.45, 7) is 0.140. The summed E-state index contributed by atoms with van der Waals surface area (Å²) in [5.74, 6) is 0.276. The normalized spacial score (nSPS) is 17.7. The van der Waals surface area contributed by atoms with Gasteiger partial charge in [0.15, 0.2) is 11.5 Å². The fourth-order valence-corrected chi connectivity index (χ4v) is 3.56. The lowest BCUT2D eigenvalue weighted by Crippen LogP contribution is -2.44. The number of hydrogen-bond acceptors (Lipinski definition) is 5. The van der Waals surface area contributed by atoms with Gasteiger partial charge in [0.2, 0.25) is 12.6 Å². The van der Waals surface area contributed by atoms with Crippen LogP contribution < -0.4 is 30.5 Å². The van der Waals surface area contributed by atoms with E-state index >= 15 is 0 Å². The lowest BCUT2D eigenvalue weighted by Gasteiger charge is -2.25. The first kappa shape index (κ1) is 17.1. The molecule has 0 aliphatic carbocycles. The van der Waals surface area contributed by atoms with Crippen molar-refractivity contribution in [2.45, 2.75) is 0 Å². The second-order valence-corrected chi connectivity index (χ2v) is 6.71. The zero-order chi connectivity index (χ0) is 20.1. The van der Waals surface area contributed by atoms with E-state index < -0.39 is 17.2 Å². The number of anilines is 1. The molecular formula is C21H15N3O5. The standard InChI is InChI=1S/C21H15N3O5/c1-24-14-5-3-2-4-12(14)19(25)17(21(24)27)18-13(20(26)23-22-18)8-11-6-7-15-16(9-11)29-10-28-15/h2-9,22H,10H2,1H3,(H,23,26)/b13-8-,18-17+. The number of ether oxygens (including phenoxy) is 2. The number of H-pyrrole nitrogens is 2. The number of benzene rings is 2. The van der Waals surface area contributed by atoms with E-state index in [0.29, 0.717) is 28.3 Å². The Morgan fingerprint density at radius 2 is 1.79 bits per heavy atom. The highest BCUT2D eigenvalue weighted by atomic mass is 16.7. The molecule has 0 saturated carbocycles. The number of Topliss-reactive ketones (excluding diaryl/α,β-unsaturated/α-hetero) is 1. The van der Waals surface area contributed by atoms with Crippen LogP contribution in [0, 0.1) is 0 Å². The van der Waals surface area contributed by atoms with Crippen LogP contribution >= 0.6 is 0 Å². The molecule has 29 heavy (non-hydrogen) atoms. The van der Waals surface area contributed by atoms with Gasteiger partial charge in [-0.3, -0.25) is 24.6 Å². The van der Waals surface area contributed by atoms with Gasteiger partial charge in [-0.2, -0.15) is 0 Å². The van der Waals surface area contributed by atoms with Gasteiger partial charge in [-0.1, -0.05) is 18.2 Å². The first-order valence-corrected chi connectivity index (χ1v) is 8.89. The van der Waals surface area contributed by atoms with E-state index in [1.807, 2.05) is 0 Å². The van der Waals surface area contributed by atoms with Crippen LogP contribution in [0.1, 0.15) is 15.9 Å². The second-order valence-electron chi connectivity index (χ2n) is 6.71. The van der Waals surface area contributed by atoms with Crippen molar-refractivity contribution >= 4 is 29.0 Å². The van der Waals surface area contributed by atoms with Gasteiger partial charge in [0.05, 0.1) is 16.3 Å². The molecule has 0 radical (unpaired) electrons. The number of hydrogen-bond donors (Lipinski definition) is 2. The number of rotatable bonds is 1. The highest BCUT2D eigenvalue weighted by Gasteiger charge is 2.33. The molecule has 2 aromatic carbocycles. The molecule has 0 saturated heterocycles. The number of carbonyl (C=O) groups excluding carboxylic acids is 2. The molecule has 0 atom stereocenters. The number of amides is 1. The van der Waals surface area contributed by atoms with E-state index in [-0.39, 0.29) is 22.9 Å². The molecule has 144 valence electrons. The van der Waals surface area contributed by atoms with E-state index in [4.69, 9.17) is 9.47 Å². The second kappa shape index (κ2) is 6.23. The Bertz CT molecular complexity index is 1370. The lowest BCUT2D eigenvalue weighted by molar-refractivity contribution is -0.113. The first-order valence-electron chi connectivity index (χ1n) is 8.89. The molecule has 0 bridgehead atoms. The number of carbonyl (C=O) groups is 2. The Morgan fingerprint density at radius 3 is 2.66 bits per heavy atom. The van der Waals surface area contributed by atoms with Crippen molar-refractivity contribution in [1.29, 1.82) is 0 Å². The summed E-state index contributed by atoms with van der Waals surface area (Å²) >= 11 is 0. The number of aromatic nitrogens is 2. The summed E-state index contributed by atoms with van der Waals surface area (Å²) in [5.41, 5.74) is 1.08. The Balaban J connectivity index is 1.76. The number of ketones is 1. The van der Waals surface area contributed by atoms with Gasteiger partial charge in [0, 0.05) is 12.6 Å². The molecule has 1 aromatic heterocycles. The van der Waals surface area contributed by atoms with Gasteiger partial charge >= 0.3 is 0 Å². The molecular weight excluding hydrogens is 374 g/mol. The number of nitrogens with zero attached hydrogens (tertiary/aromatic N) is 1. The molecule has 0 spiro atoms. The SMILES string of the molecule is CN1C(=O)/C(=c2/[nH][nH]c(=O)/c2=C\c2ccc3c(c2)OCO3)C(=O)c2ccccc21. The summed E-state index contributed by atoms with van der Waals surface area (Å²) in [6.07, 6.45) is 1.60. The van der Waals surface area contributed by atoms with Gasteiger partial charge in [-0.15, -0.1) is 0 Å². The minimum absolute atomic E-state index is 0.0865. The fraction of sp³-hybridized carbons (Fsp3) is 0.0952. The van der Waals surface area contributed by atoms with Crippen LogP contribution in [0.3, 0.4) is 0 Å². The van der Waals surface area contributed by atoms with Crippen LogP contribution in [0.5, 0.6) is 11.5 Å². The summed E-state index contributed by atoms with van der Waals surface area (Å²) in [7, 11) is 1.60. The summed E-state index contributed by atoms with van der Waals surface area (Å²) in [5, 5.41) is 5.52. The molecule has 2 N–H and O–H groups in total. The van der Waals surface area contributed by atoms with E-state index in [2.05, 4.69) is 10.2 Å². The van der Waals surface area contributed by atoms with Gasteiger partial charge < -0.3 is 14.4 Å². The molecule has 3 aromatic rings. The van der Waals surface area contributed by atoms with Crippen LogP contribution in [0.15, 0.2) is 47.3 Å². The van der Waals surface area contributed by atoms with Gasteiger partial charge in [0.25, 0.3) is 11.5 Å². The quantitative estimate of drug-likeness (QED) is 0.622. The minimum atomic E-state index is -0.482. The zero-order valence-electron chi connectivity index (χ0n) is 15.3. The van der Waals surface area contributed by atoms with Crippen LogP contribution in [0.2, 0.25) is 0 Å². The zero-order valence-corrected chi connectivity index (χ0v) is 15.3. The topological polar surface area (TPSA) is 104 Å². The molecule has 1 amide bonds. The maximum Gasteiger partial charge on any atom is 0.271 e. The van der Waals surface area contributed by atoms with Gasteiger partial charge in [-0.05, 0) is 35.9 Å². The van der Waals surface area contributed by atoms with Crippen LogP contribution in [0.4, 0.5) is 5.69 Å². The number of nitrogens with one attached hydrogen (secondary N) is 2. The number of fused-ring (bicyclic) bond motifs is 2. The summed E-state index contributed by atoms with van der Waals surface area (Å²) in [4.78, 5) is 39.9. The first-order chi connectivity index (χ1) is 14.0. The molecule has 0 unspecified atom stereocenters. The maximum absolute atomic E-state index is 13.1. The van der Waals surface area contributed by atoms with Gasteiger partial charge in [0.1, 0.15) is 5.57 Å². The third-order valence-electron chi connectivity index (χ3n) is 5.03. The summed E-state index contributed by atoms with van der Waals surface area (Å²) < 4.78 is 10.7. The monoisotopic (exact) mass is 389 g/mol. The van der Waals surface area contributed by atoms with Crippen molar-refractivity contribution in [3.05, 3.63) is 74.5 Å². The van der Waals surface area contributed by atoms with Gasteiger partial charge in [-0.25, -0.2) is 0 Å². The highest BCUT2D eigenvalue weighted by molar-refractivity contribution is 6.51. The predicted octanol–water partition coefficient (Wildman–Crippen LogP) is 0.270. The molecule has 2 aliphatic heterocycles. The average Bonchev–Trinajstić information content (AvgIpc) is 3.34. The van der Waals surface area contributed by atoms with E-state index in [1.165, 1.54) is 4.90 Å². The van der Waals surface area contributed by atoms with E-state index in [0.717, 1.165) is 0 Å².